The molecule has 0 bridgehead atoms. The number of aromatic nitrogens is 1. The molecule has 0 radical (unpaired) electrons. The summed E-state index contributed by atoms with van der Waals surface area (Å²) >= 11 is 0. The quantitative estimate of drug-likeness (QED) is 0.635. The van der Waals surface area contributed by atoms with Gasteiger partial charge >= 0.3 is 5.97 Å². The fraction of sp³-hybridized carbons (Fsp3) is 0.389. The monoisotopic (exact) mass is 376 g/mol. The number of carboxylic acids is 1. The average molecular weight is 376 g/mol. The fourth-order valence-electron chi connectivity index (χ4n) is 3.52. The lowest BCUT2D eigenvalue weighted by molar-refractivity contribution is -0.152. The Balaban J connectivity index is 2.27. The van der Waals surface area contributed by atoms with E-state index in [1.165, 1.54) is 13.8 Å². The SMILES string of the molecule is CC(C)=C/C(=C1\C(=O)N2[C@@H](C(=O)O)C(C)(C)S(=O)(=O)[C@H]12)c1ccccn1. The zero-order chi connectivity index (χ0) is 19.4. The van der Waals surface area contributed by atoms with Gasteiger partial charge in [0.25, 0.3) is 5.91 Å². The normalized spacial score (nSPS) is 27.4. The number of carboxylic acid groups (broad SMARTS) is 1. The summed E-state index contributed by atoms with van der Waals surface area (Å²) < 4.78 is 24.5. The van der Waals surface area contributed by atoms with Crippen LogP contribution in [0.4, 0.5) is 0 Å². The molecule has 2 atom stereocenters. The number of carbonyl (C=O) groups excluding carboxylic acids is 1. The van der Waals surface area contributed by atoms with Crippen LogP contribution in [-0.2, 0) is 19.4 Å². The number of aliphatic carboxylic acids is 1. The Morgan fingerprint density at radius 1 is 1.31 bits per heavy atom. The highest BCUT2D eigenvalue weighted by molar-refractivity contribution is 7.94. The number of fused-ring (bicyclic) bond motifs is 1. The molecule has 1 aromatic heterocycles. The topological polar surface area (TPSA) is 105 Å². The summed E-state index contributed by atoms with van der Waals surface area (Å²) in [4.78, 5) is 29.7. The number of hydrogen-bond acceptors (Lipinski definition) is 5. The highest BCUT2D eigenvalue weighted by Gasteiger charge is 2.70. The van der Waals surface area contributed by atoms with Crippen LogP contribution in [0.3, 0.4) is 0 Å². The van der Waals surface area contributed by atoms with Gasteiger partial charge in [-0.05, 0) is 39.8 Å². The van der Waals surface area contributed by atoms with E-state index in [0.717, 1.165) is 10.5 Å². The van der Waals surface area contributed by atoms with Gasteiger partial charge in [-0.1, -0.05) is 17.7 Å². The first kappa shape index (κ1) is 18.3. The van der Waals surface area contributed by atoms with Gasteiger partial charge < -0.3 is 10.0 Å². The van der Waals surface area contributed by atoms with Gasteiger partial charge in [-0.2, -0.15) is 0 Å². The molecule has 1 amide bonds. The van der Waals surface area contributed by atoms with E-state index >= 15 is 0 Å². The van der Waals surface area contributed by atoms with Gasteiger partial charge in [0.2, 0.25) is 0 Å². The van der Waals surface area contributed by atoms with Crippen LogP contribution in [0.1, 0.15) is 33.4 Å². The minimum atomic E-state index is -3.92. The summed E-state index contributed by atoms with van der Waals surface area (Å²) in [6, 6.07) is 3.75. The van der Waals surface area contributed by atoms with Crippen molar-refractivity contribution in [3.8, 4) is 0 Å². The second-order valence-corrected chi connectivity index (χ2v) is 9.81. The number of allylic oxidation sites excluding steroid dienone is 3. The van der Waals surface area contributed by atoms with Crippen molar-refractivity contribution in [2.24, 2.45) is 0 Å². The van der Waals surface area contributed by atoms with Crippen molar-refractivity contribution < 1.29 is 23.1 Å². The lowest BCUT2D eigenvalue weighted by atomic mass is 9.91. The summed E-state index contributed by atoms with van der Waals surface area (Å²) in [5.41, 5.74) is 1.85. The number of carbonyl (C=O) groups is 2. The summed E-state index contributed by atoms with van der Waals surface area (Å²) in [7, 11) is -3.92. The third-order valence-corrected chi connectivity index (χ3v) is 7.57. The van der Waals surface area contributed by atoms with Crippen molar-refractivity contribution in [2.45, 2.75) is 43.9 Å². The lowest BCUT2D eigenvalue weighted by Crippen LogP contribution is -2.59. The Morgan fingerprint density at radius 3 is 2.46 bits per heavy atom. The molecule has 0 saturated carbocycles. The molecule has 2 saturated heterocycles. The molecule has 1 N–H and O–H groups in total. The van der Waals surface area contributed by atoms with E-state index in [1.54, 1.807) is 30.5 Å². The Hall–Kier alpha value is -2.48. The Morgan fingerprint density at radius 2 is 1.96 bits per heavy atom. The predicted octanol–water partition coefficient (Wildman–Crippen LogP) is 1.63. The first-order valence-corrected chi connectivity index (χ1v) is 9.66. The molecule has 8 heteroatoms. The van der Waals surface area contributed by atoms with Crippen molar-refractivity contribution in [3.63, 3.8) is 0 Å². The Kier molecular flexibility index (Phi) is 4.06. The van der Waals surface area contributed by atoms with Gasteiger partial charge in [-0.25, -0.2) is 13.2 Å². The lowest BCUT2D eigenvalue weighted by Gasteiger charge is -2.39. The summed E-state index contributed by atoms with van der Waals surface area (Å²) in [6.07, 6.45) is 3.27. The number of amides is 1. The van der Waals surface area contributed by atoms with Gasteiger partial charge in [0.05, 0.1) is 11.3 Å². The molecule has 3 rings (SSSR count). The molecule has 0 spiro atoms. The van der Waals surface area contributed by atoms with Crippen molar-refractivity contribution in [1.82, 2.24) is 9.88 Å². The number of sulfone groups is 1. The maximum atomic E-state index is 13.0. The van der Waals surface area contributed by atoms with E-state index in [9.17, 15) is 23.1 Å². The van der Waals surface area contributed by atoms with Gasteiger partial charge in [0, 0.05) is 11.8 Å². The molecule has 2 aliphatic heterocycles. The zero-order valence-corrected chi connectivity index (χ0v) is 15.7. The highest BCUT2D eigenvalue weighted by Crippen LogP contribution is 2.50. The van der Waals surface area contributed by atoms with Crippen molar-refractivity contribution in [3.05, 3.63) is 47.3 Å². The summed E-state index contributed by atoms with van der Waals surface area (Å²) in [5, 5.41) is 8.24. The van der Waals surface area contributed by atoms with Crippen LogP contribution in [0.15, 0.2) is 41.6 Å². The fourth-order valence-corrected chi connectivity index (χ4v) is 5.68. The largest absolute Gasteiger partial charge is 0.480 e. The Bertz CT molecular complexity index is 957. The van der Waals surface area contributed by atoms with E-state index in [4.69, 9.17) is 0 Å². The molecule has 0 aliphatic carbocycles. The summed E-state index contributed by atoms with van der Waals surface area (Å²) in [6.45, 7) is 6.37. The Labute approximate surface area is 152 Å². The van der Waals surface area contributed by atoms with Crippen LogP contribution in [0.2, 0.25) is 0 Å². The first-order valence-electron chi connectivity index (χ1n) is 8.11. The number of hydrogen-bond donors (Lipinski definition) is 1. The highest BCUT2D eigenvalue weighted by atomic mass is 32.2. The van der Waals surface area contributed by atoms with Crippen LogP contribution in [-0.4, -0.2) is 51.4 Å². The smallest absolute Gasteiger partial charge is 0.328 e. The van der Waals surface area contributed by atoms with E-state index in [0.29, 0.717) is 11.3 Å². The minimum Gasteiger partial charge on any atom is -0.480 e. The van der Waals surface area contributed by atoms with Crippen molar-refractivity contribution in [2.75, 3.05) is 0 Å². The van der Waals surface area contributed by atoms with Gasteiger partial charge in [0.1, 0.15) is 4.75 Å². The molecular weight excluding hydrogens is 356 g/mol. The number of β-lactam (4-membered cyclic amide) rings is 1. The van der Waals surface area contributed by atoms with Crippen LogP contribution in [0.25, 0.3) is 5.57 Å². The van der Waals surface area contributed by atoms with E-state index in [-0.39, 0.29) is 5.57 Å². The second kappa shape index (κ2) is 5.77. The predicted molar refractivity (Wildman–Crippen MR) is 95.6 cm³/mol. The van der Waals surface area contributed by atoms with E-state index in [2.05, 4.69) is 4.98 Å². The molecule has 3 heterocycles. The minimum absolute atomic E-state index is 0.0849. The molecule has 26 heavy (non-hydrogen) atoms. The maximum Gasteiger partial charge on any atom is 0.328 e. The third-order valence-electron chi connectivity index (χ3n) is 4.83. The standard InChI is InChI=1S/C18H20N2O5S/c1-10(2)9-11(12-7-5-6-8-19-12)13-15(21)20-14(17(22)23)18(3,4)26(24,25)16(13)20/h5-9,14,16H,1-4H3,(H,22,23)/b13-11-/t14-,16+/m0/s1. The number of rotatable bonds is 3. The molecule has 0 aromatic carbocycles. The summed E-state index contributed by atoms with van der Waals surface area (Å²) in [5.74, 6) is -1.90. The molecular formula is C18H20N2O5S. The molecule has 7 nitrogen and oxygen atoms in total. The maximum absolute atomic E-state index is 13.0. The van der Waals surface area contributed by atoms with Crippen LogP contribution in [0.5, 0.6) is 0 Å². The molecule has 2 fully saturated rings. The van der Waals surface area contributed by atoms with Gasteiger partial charge in [-0.15, -0.1) is 0 Å². The average Bonchev–Trinajstić information content (AvgIpc) is 2.69. The molecule has 1 aromatic rings. The second-order valence-electron chi connectivity index (χ2n) is 7.22. The van der Waals surface area contributed by atoms with Crippen molar-refractivity contribution in [1.29, 1.82) is 0 Å². The van der Waals surface area contributed by atoms with Gasteiger partial charge in [0.15, 0.2) is 21.3 Å². The first-order chi connectivity index (χ1) is 12.0. The third kappa shape index (κ3) is 2.32. The van der Waals surface area contributed by atoms with E-state index < -0.39 is 37.9 Å². The van der Waals surface area contributed by atoms with Crippen molar-refractivity contribution >= 4 is 27.3 Å². The number of pyridine rings is 1. The van der Waals surface area contributed by atoms with Crippen LogP contribution < -0.4 is 0 Å². The molecule has 0 unspecified atom stereocenters. The van der Waals surface area contributed by atoms with E-state index in [1.807, 2.05) is 13.8 Å². The molecule has 2 aliphatic rings. The van der Waals surface area contributed by atoms with Crippen LogP contribution in [0, 0.1) is 0 Å². The number of nitrogens with zero attached hydrogens (tertiary/aromatic N) is 2. The van der Waals surface area contributed by atoms with Crippen LogP contribution >= 0.6 is 0 Å². The van der Waals surface area contributed by atoms with Gasteiger partial charge in [-0.3, -0.25) is 9.78 Å². The molecule has 138 valence electrons. The zero-order valence-electron chi connectivity index (χ0n) is 14.9.